The van der Waals surface area contributed by atoms with Gasteiger partial charge in [-0.2, -0.15) is 5.10 Å². The molecule has 0 saturated heterocycles. The van der Waals surface area contributed by atoms with Crippen LogP contribution in [0.3, 0.4) is 0 Å². The lowest BCUT2D eigenvalue weighted by Crippen LogP contribution is -2.25. The van der Waals surface area contributed by atoms with Crippen LogP contribution < -0.4 is 0 Å². The van der Waals surface area contributed by atoms with Gasteiger partial charge in [-0.3, -0.25) is 9.48 Å². The van der Waals surface area contributed by atoms with E-state index in [-0.39, 0.29) is 18.1 Å². The van der Waals surface area contributed by atoms with Gasteiger partial charge in [-0.15, -0.1) is 0 Å². The van der Waals surface area contributed by atoms with Crippen LogP contribution in [0.4, 0.5) is 4.39 Å². The number of halogens is 1. The highest BCUT2D eigenvalue weighted by molar-refractivity contribution is 5.94. The molecule has 8 heteroatoms. The van der Waals surface area contributed by atoms with Gasteiger partial charge in [0.05, 0.1) is 17.6 Å². The third-order valence-electron chi connectivity index (χ3n) is 6.57. The Kier molecular flexibility index (Phi) is 5.13. The van der Waals surface area contributed by atoms with E-state index in [1.807, 2.05) is 42.4 Å². The molecule has 2 aromatic carbocycles. The Bertz CT molecular complexity index is 1540. The Morgan fingerprint density at radius 1 is 1.06 bits per heavy atom. The number of fused-ring (bicyclic) bond motifs is 2. The lowest BCUT2D eigenvalue weighted by atomic mass is 10.0. The van der Waals surface area contributed by atoms with Gasteiger partial charge in [0, 0.05) is 49.3 Å². The number of benzene rings is 2. The van der Waals surface area contributed by atoms with Crippen LogP contribution in [-0.4, -0.2) is 35.5 Å². The fourth-order valence-electron chi connectivity index (χ4n) is 4.69. The minimum Gasteiger partial charge on any atom is -0.339 e. The fourth-order valence-corrected chi connectivity index (χ4v) is 4.69. The second kappa shape index (κ2) is 8.47. The molecule has 0 radical (unpaired) electrons. The lowest BCUT2D eigenvalue weighted by molar-refractivity contribution is -0.131. The molecule has 7 nitrogen and oxygen atoms in total. The van der Waals surface area contributed by atoms with Crippen molar-refractivity contribution in [3.05, 3.63) is 89.8 Å². The van der Waals surface area contributed by atoms with Crippen LogP contribution >= 0.6 is 0 Å². The second-order valence-corrected chi connectivity index (χ2v) is 8.89. The molecule has 0 aliphatic carbocycles. The molecule has 1 aliphatic heterocycles. The number of nitrogens with one attached hydrogen (secondary N) is 1. The Hall–Kier alpha value is -4.33. The standard InChI is InChI=1S/C27H23FN6O/c1-33-13-21(12-31-33)24-11-22-26(29-16-30-27(22)32-24)18-7-6-17(23(28)10-18)8-9-25(35)34-14-19-4-2-3-5-20(19)15-34/h2-7,10-13,16H,8-9,14-15H2,1H3,(H,29,30,32). The molecule has 1 aliphatic rings. The first-order chi connectivity index (χ1) is 17.0. The van der Waals surface area contributed by atoms with Crippen molar-refractivity contribution in [1.82, 2.24) is 29.6 Å². The summed E-state index contributed by atoms with van der Waals surface area (Å²) in [7, 11) is 1.86. The van der Waals surface area contributed by atoms with Crippen molar-refractivity contribution in [2.75, 3.05) is 0 Å². The van der Waals surface area contributed by atoms with Gasteiger partial charge in [-0.1, -0.05) is 36.4 Å². The first kappa shape index (κ1) is 21.2. The normalized spacial score (nSPS) is 12.9. The first-order valence-electron chi connectivity index (χ1n) is 11.5. The van der Waals surface area contributed by atoms with Crippen molar-refractivity contribution in [2.45, 2.75) is 25.9 Å². The maximum Gasteiger partial charge on any atom is 0.223 e. The molecule has 0 unspecified atom stereocenters. The summed E-state index contributed by atoms with van der Waals surface area (Å²) < 4.78 is 16.8. The fraction of sp³-hybridized carbons (Fsp3) is 0.185. The second-order valence-electron chi connectivity index (χ2n) is 8.89. The third kappa shape index (κ3) is 3.97. The molecule has 3 aromatic heterocycles. The van der Waals surface area contributed by atoms with Crippen molar-refractivity contribution in [2.24, 2.45) is 7.05 Å². The Labute approximate surface area is 201 Å². The highest BCUT2D eigenvalue weighted by Gasteiger charge is 2.23. The predicted molar refractivity (Wildman–Crippen MR) is 131 cm³/mol. The van der Waals surface area contributed by atoms with E-state index in [9.17, 15) is 4.79 Å². The van der Waals surface area contributed by atoms with E-state index in [4.69, 9.17) is 0 Å². The van der Waals surface area contributed by atoms with Gasteiger partial charge in [0.2, 0.25) is 5.91 Å². The molecule has 6 rings (SSSR count). The first-order valence-corrected chi connectivity index (χ1v) is 11.5. The number of H-pyrrole nitrogens is 1. The zero-order chi connectivity index (χ0) is 23.9. The van der Waals surface area contributed by atoms with Crippen molar-refractivity contribution in [3.8, 4) is 22.5 Å². The largest absolute Gasteiger partial charge is 0.339 e. The summed E-state index contributed by atoms with van der Waals surface area (Å²) in [5.74, 6) is -0.299. The highest BCUT2D eigenvalue weighted by atomic mass is 19.1. The van der Waals surface area contributed by atoms with Crippen molar-refractivity contribution in [3.63, 3.8) is 0 Å². The number of hydrogen-bond acceptors (Lipinski definition) is 4. The zero-order valence-corrected chi connectivity index (χ0v) is 19.2. The van der Waals surface area contributed by atoms with E-state index in [1.165, 1.54) is 23.5 Å². The maximum atomic E-state index is 15.1. The van der Waals surface area contributed by atoms with Gasteiger partial charge >= 0.3 is 0 Å². The van der Waals surface area contributed by atoms with E-state index in [0.717, 1.165) is 16.6 Å². The number of nitrogens with zero attached hydrogens (tertiary/aromatic N) is 5. The van der Waals surface area contributed by atoms with Gasteiger partial charge < -0.3 is 9.88 Å². The van der Waals surface area contributed by atoms with Crippen LogP contribution in [0.15, 0.2) is 67.3 Å². The number of carbonyl (C=O) groups excluding carboxylic acids is 1. The van der Waals surface area contributed by atoms with Crippen LogP contribution in [0.1, 0.15) is 23.1 Å². The van der Waals surface area contributed by atoms with Gasteiger partial charge in [-0.05, 0) is 35.2 Å². The average Bonchev–Trinajstić information content (AvgIpc) is 3.60. The molecular formula is C27H23FN6O. The molecular weight excluding hydrogens is 443 g/mol. The molecule has 0 saturated carbocycles. The quantitative estimate of drug-likeness (QED) is 0.409. The van der Waals surface area contributed by atoms with E-state index in [2.05, 4.69) is 32.2 Å². The monoisotopic (exact) mass is 466 g/mol. The SMILES string of the molecule is Cn1cc(-c2cc3c(-c4ccc(CCC(=O)N5Cc6ccccc6C5)c(F)c4)ncnc3[nH]2)cn1. The highest BCUT2D eigenvalue weighted by Crippen LogP contribution is 2.31. The van der Waals surface area contributed by atoms with E-state index in [1.54, 1.807) is 16.9 Å². The lowest BCUT2D eigenvalue weighted by Gasteiger charge is -2.15. The Morgan fingerprint density at radius 2 is 1.86 bits per heavy atom. The molecule has 5 aromatic rings. The number of rotatable bonds is 5. The third-order valence-corrected chi connectivity index (χ3v) is 6.57. The summed E-state index contributed by atoms with van der Waals surface area (Å²) in [5.41, 5.74) is 6.69. The van der Waals surface area contributed by atoms with Gasteiger partial charge in [0.15, 0.2) is 0 Å². The molecule has 0 bridgehead atoms. The Morgan fingerprint density at radius 3 is 2.57 bits per heavy atom. The van der Waals surface area contributed by atoms with Gasteiger partial charge in [0.25, 0.3) is 0 Å². The molecule has 1 N–H and O–H groups in total. The summed E-state index contributed by atoms with van der Waals surface area (Å²) in [5, 5.41) is 5.02. The zero-order valence-electron chi connectivity index (χ0n) is 19.2. The minimum atomic E-state index is -0.338. The maximum absolute atomic E-state index is 15.1. The van der Waals surface area contributed by atoms with E-state index in [0.29, 0.717) is 42.0 Å². The number of aryl methyl sites for hydroxylation is 2. The van der Waals surface area contributed by atoms with Crippen LogP contribution in [-0.2, 0) is 31.4 Å². The number of amides is 1. The smallest absolute Gasteiger partial charge is 0.223 e. The number of aromatic amines is 1. The predicted octanol–water partition coefficient (Wildman–Crippen LogP) is 4.64. The van der Waals surface area contributed by atoms with Gasteiger partial charge in [0.1, 0.15) is 17.8 Å². The summed E-state index contributed by atoms with van der Waals surface area (Å²) in [6.07, 6.45) is 5.78. The minimum absolute atomic E-state index is 0.0393. The van der Waals surface area contributed by atoms with Crippen LogP contribution in [0.25, 0.3) is 33.5 Å². The molecule has 0 spiro atoms. The molecule has 174 valence electrons. The Balaban J connectivity index is 1.20. The summed E-state index contributed by atoms with van der Waals surface area (Å²) in [6, 6.07) is 15.1. The summed E-state index contributed by atoms with van der Waals surface area (Å²) in [6.45, 7) is 1.25. The average molecular weight is 467 g/mol. The molecule has 0 atom stereocenters. The van der Waals surface area contributed by atoms with Gasteiger partial charge in [-0.25, -0.2) is 14.4 Å². The molecule has 35 heavy (non-hydrogen) atoms. The molecule has 4 heterocycles. The van der Waals surface area contributed by atoms with Crippen LogP contribution in [0.2, 0.25) is 0 Å². The summed E-state index contributed by atoms with van der Waals surface area (Å²) >= 11 is 0. The van der Waals surface area contributed by atoms with Crippen LogP contribution in [0, 0.1) is 5.82 Å². The topological polar surface area (TPSA) is 79.7 Å². The summed E-state index contributed by atoms with van der Waals surface area (Å²) in [4.78, 5) is 26.6. The van der Waals surface area contributed by atoms with Crippen LogP contribution in [0.5, 0.6) is 0 Å². The molecule has 0 fully saturated rings. The van der Waals surface area contributed by atoms with E-state index < -0.39 is 0 Å². The number of hydrogen-bond donors (Lipinski definition) is 1. The number of carbonyl (C=O) groups is 1. The molecule has 1 amide bonds. The van der Waals surface area contributed by atoms with Crippen molar-refractivity contribution >= 4 is 16.9 Å². The van der Waals surface area contributed by atoms with Crippen molar-refractivity contribution in [1.29, 1.82) is 0 Å². The number of aromatic nitrogens is 5. The van der Waals surface area contributed by atoms with E-state index >= 15 is 4.39 Å². The van der Waals surface area contributed by atoms with Crippen molar-refractivity contribution < 1.29 is 9.18 Å².